The lowest BCUT2D eigenvalue weighted by Gasteiger charge is -2.29. The summed E-state index contributed by atoms with van der Waals surface area (Å²) in [6, 6.07) is 2.52. The van der Waals surface area contributed by atoms with Gasteiger partial charge in [-0.1, -0.05) is 20.8 Å². The average Bonchev–Trinajstić information content (AvgIpc) is 2.92. The van der Waals surface area contributed by atoms with Crippen molar-refractivity contribution in [2.75, 3.05) is 13.2 Å². The molecule has 4 heteroatoms. The second-order valence-electron chi connectivity index (χ2n) is 5.51. The lowest BCUT2D eigenvalue weighted by Crippen LogP contribution is -2.36. The van der Waals surface area contributed by atoms with E-state index in [0.717, 1.165) is 38.0 Å². The molecule has 4 nitrogen and oxygen atoms in total. The molecule has 2 N–H and O–H groups in total. The van der Waals surface area contributed by atoms with E-state index in [1.807, 2.05) is 10.9 Å². The van der Waals surface area contributed by atoms with Crippen LogP contribution in [0.1, 0.15) is 58.7 Å². The third kappa shape index (κ3) is 4.32. The van der Waals surface area contributed by atoms with Gasteiger partial charge in [-0.05, 0) is 32.3 Å². The summed E-state index contributed by atoms with van der Waals surface area (Å²) in [6.07, 6.45) is 5.13. The zero-order valence-corrected chi connectivity index (χ0v) is 12.8. The molecular weight excluding hydrogens is 238 g/mol. The van der Waals surface area contributed by atoms with E-state index in [1.165, 1.54) is 0 Å². The second kappa shape index (κ2) is 7.65. The maximum absolute atomic E-state index is 9.52. The van der Waals surface area contributed by atoms with Crippen LogP contribution in [0.15, 0.2) is 12.3 Å². The molecule has 0 radical (unpaired) electrons. The highest BCUT2D eigenvalue weighted by Gasteiger charge is 2.24. The van der Waals surface area contributed by atoms with E-state index in [-0.39, 0.29) is 12.0 Å². The molecule has 1 heterocycles. The average molecular weight is 267 g/mol. The van der Waals surface area contributed by atoms with Crippen molar-refractivity contribution in [3.8, 4) is 0 Å². The van der Waals surface area contributed by atoms with Crippen LogP contribution in [0.5, 0.6) is 0 Å². The van der Waals surface area contributed by atoms with E-state index in [4.69, 9.17) is 0 Å². The van der Waals surface area contributed by atoms with Gasteiger partial charge in [0.25, 0.3) is 0 Å². The van der Waals surface area contributed by atoms with Crippen LogP contribution in [0.2, 0.25) is 0 Å². The van der Waals surface area contributed by atoms with Crippen LogP contribution in [-0.4, -0.2) is 28.0 Å². The molecule has 0 bridgehead atoms. The molecule has 1 aromatic rings. The summed E-state index contributed by atoms with van der Waals surface area (Å²) in [5.41, 5.74) is 1.08. The Bertz CT molecular complexity index is 350. The van der Waals surface area contributed by atoms with Crippen LogP contribution < -0.4 is 5.32 Å². The van der Waals surface area contributed by atoms with E-state index in [1.54, 1.807) is 0 Å². The second-order valence-corrected chi connectivity index (χ2v) is 5.51. The normalized spacial score (nSPS) is 13.7. The number of nitrogens with one attached hydrogen (secondary N) is 1. The summed E-state index contributed by atoms with van der Waals surface area (Å²) >= 11 is 0. The number of nitrogens with zero attached hydrogens (tertiary/aromatic N) is 2. The maximum atomic E-state index is 9.52. The van der Waals surface area contributed by atoms with Gasteiger partial charge in [0, 0.05) is 37.4 Å². The molecule has 0 saturated carbocycles. The number of hydrogen-bond donors (Lipinski definition) is 2. The topological polar surface area (TPSA) is 50.1 Å². The summed E-state index contributed by atoms with van der Waals surface area (Å²) in [7, 11) is 0. The minimum Gasteiger partial charge on any atom is -0.396 e. The first-order valence-electron chi connectivity index (χ1n) is 7.46. The van der Waals surface area contributed by atoms with E-state index in [9.17, 15) is 5.11 Å². The van der Waals surface area contributed by atoms with Crippen LogP contribution in [0.3, 0.4) is 0 Å². The Morgan fingerprint density at radius 2 is 2.05 bits per heavy atom. The van der Waals surface area contributed by atoms with Crippen LogP contribution in [0.25, 0.3) is 0 Å². The van der Waals surface area contributed by atoms with E-state index in [0.29, 0.717) is 6.04 Å². The molecule has 0 spiro atoms. The Kier molecular flexibility index (Phi) is 6.52. The number of hydrogen-bond acceptors (Lipinski definition) is 3. The van der Waals surface area contributed by atoms with E-state index < -0.39 is 0 Å². The van der Waals surface area contributed by atoms with E-state index >= 15 is 0 Å². The quantitative estimate of drug-likeness (QED) is 0.723. The van der Waals surface area contributed by atoms with Gasteiger partial charge in [-0.25, -0.2) is 0 Å². The molecule has 0 aromatic carbocycles. The summed E-state index contributed by atoms with van der Waals surface area (Å²) in [4.78, 5) is 0. The van der Waals surface area contributed by atoms with Crippen molar-refractivity contribution >= 4 is 0 Å². The highest BCUT2D eigenvalue weighted by atomic mass is 16.3. The molecule has 0 aliphatic heterocycles. The van der Waals surface area contributed by atoms with Gasteiger partial charge in [-0.3, -0.25) is 4.68 Å². The van der Waals surface area contributed by atoms with Gasteiger partial charge in [-0.15, -0.1) is 0 Å². The minimum atomic E-state index is 0.0132. The molecule has 1 aromatic heterocycles. The molecule has 0 saturated heterocycles. The van der Waals surface area contributed by atoms with Crippen molar-refractivity contribution < 1.29 is 5.11 Å². The smallest absolute Gasteiger partial charge is 0.0762 e. The van der Waals surface area contributed by atoms with Gasteiger partial charge in [0.05, 0.1) is 5.69 Å². The SMILES string of the molecule is CCC(C)n1ccc(CNCC(CC)(CC)CO)n1. The third-order valence-corrected chi connectivity index (χ3v) is 4.35. The zero-order chi connectivity index (χ0) is 14.3. The monoisotopic (exact) mass is 267 g/mol. The fraction of sp³-hybridized carbons (Fsp3) is 0.800. The zero-order valence-electron chi connectivity index (χ0n) is 12.8. The van der Waals surface area contributed by atoms with Crippen molar-refractivity contribution in [3.63, 3.8) is 0 Å². The largest absolute Gasteiger partial charge is 0.396 e. The molecule has 19 heavy (non-hydrogen) atoms. The molecule has 0 fully saturated rings. The summed E-state index contributed by atoms with van der Waals surface area (Å²) in [6.45, 7) is 10.5. The molecule has 0 aliphatic carbocycles. The predicted molar refractivity (Wildman–Crippen MR) is 79.0 cm³/mol. The van der Waals surface area contributed by atoms with E-state index in [2.05, 4.69) is 44.2 Å². The maximum Gasteiger partial charge on any atom is 0.0762 e. The molecule has 1 rings (SSSR count). The van der Waals surface area contributed by atoms with Gasteiger partial charge >= 0.3 is 0 Å². The first kappa shape index (κ1) is 16.2. The standard InChI is InChI=1S/C15H29N3O/c1-5-13(4)18-9-8-14(17-18)10-16-11-15(6-2,7-3)12-19/h8-9,13,16,19H,5-7,10-12H2,1-4H3. The minimum absolute atomic E-state index is 0.0132. The van der Waals surface area contributed by atoms with Crippen molar-refractivity contribution in [1.29, 1.82) is 0 Å². The number of aromatic nitrogens is 2. The fourth-order valence-corrected chi connectivity index (χ4v) is 2.14. The molecular formula is C15H29N3O. The van der Waals surface area contributed by atoms with Gasteiger partial charge in [0.1, 0.15) is 0 Å². The van der Waals surface area contributed by atoms with Gasteiger partial charge in [-0.2, -0.15) is 5.10 Å². The van der Waals surface area contributed by atoms with Crippen LogP contribution in [0, 0.1) is 5.41 Å². The van der Waals surface area contributed by atoms with Gasteiger partial charge in [0.15, 0.2) is 0 Å². The van der Waals surface area contributed by atoms with Crippen molar-refractivity contribution in [3.05, 3.63) is 18.0 Å². The number of aliphatic hydroxyl groups is 1. The highest BCUT2D eigenvalue weighted by Crippen LogP contribution is 2.24. The highest BCUT2D eigenvalue weighted by molar-refractivity contribution is 4.99. The first-order valence-corrected chi connectivity index (χ1v) is 7.46. The Morgan fingerprint density at radius 3 is 2.58 bits per heavy atom. The van der Waals surface area contributed by atoms with Gasteiger partial charge < -0.3 is 10.4 Å². The van der Waals surface area contributed by atoms with Crippen molar-refractivity contribution in [2.45, 2.75) is 59.5 Å². The molecule has 1 atom stereocenters. The lowest BCUT2D eigenvalue weighted by molar-refractivity contribution is 0.113. The number of rotatable bonds is 9. The molecule has 110 valence electrons. The Hall–Kier alpha value is -0.870. The van der Waals surface area contributed by atoms with Crippen molar-refractivity contribution in [1.82, 2.24) is 15.1 Å². The summed E-state index contributed by atoms with van der Waals surface area (Å²) < 4.78 is 2.02. The lowest BCUT2D eigenvalue weighted by atomic mass is 9.83. The third-order valence-electron chi connectivity index (χ3n) is 4.35. The molecule has 0 aliphatic rings. The summed E-state index contributed by atoms with van der Waals surface area (Å²) in [5.74, 6) is 0. The van der Waals surface area contributed by atoms with Crippen LogP contribution >= 0.6 is 0 Å². The molecule has 1 unspecified atom stereocenters. The Balaban J connectivity index is 2.46. The summed E-state index contributed by atoms with van der Waals surface area (Å²) in [5, 5.41) is 17.5. The van der Waals surface area contributed by atoms with Crippen LogP contribution in [-0.2, 0) is 6.54 Å². The fourth-order valence-electron chi connectivity index (χ4n) is 2.14. The first-order chi connectivity index (χ1) is 9.10. The van der Waals surface area contributed by atoms with Crippen LogP contribution in [0.4, 0.5) is 0 Å². The Morgan fingerprint density at radius 1 is 1.37 bits per heavy atom. The predicted octanol–water partition coefficient (Wildman–Crippen LogP) is 2.74. The van der Waals surface area contributed by atoms with Gasteiger partial charge in [0.2, 0.25) is 0 Å². The molecule has 0 amide bonds. The Labute approximate surface area is 117 Å². The van der Waals surface area contributed by atoms with Crippen molar-refractivity contribution in [2.24, 2.45) is 5.41 Å². The number of aliphatic hydroxyl groups excluding tert-OH is 1.